The molecule has 204 valence electrons. The van der Waals surface area contributed by atoms with Crippen LogP contribution < -0.4 is 10.1 Å². The van der Waals surface area contributed by atoms with Gasteiger partial charge in [0.1, 0.15) is 17.3 Å². The topological polar surface area (TPSA) is 81.5 Å². The van der Waals surface area contributed by atoms with Gasteiger partial charge in [0, 0.05) is 57.0 Å². The van der Waals surface area contributed by atoms with E-state index in [4.69, 9.17) is 14.5 Å². The van der Waals surface area contributed by atoms with Crippen molar-refractivity contribution in [3.63, 3.8) is 0 Å². The van der Waals surface area contributed by atoms with Crippen molar-refractivity contribution < 1.29 is 14.3 Å². The summed E-state index contributed by atoms with van der Waals surface area (Å²) >= 11 is 0. The fourth-order valence-electron chi connectivity index (χ4n) is 4.83. The van der Waals surface area contributed by atoms with Crippen LogP contribution in [-0.4, -0.2) is 58.1 Å². The minimum atomic E-state index is 0.196. The molecule has 2 aromatic carbocycles. The molecule has 39 heavy (non-hydrogen) atoms. The Morgan fingerprint density at radius 1 is 1.08 bits per heavy atom. The summed E-state index contributed by atoms with van der Waals surface area (Å²) < 4.78 is 13.6. The molecule has 4 aromatic rings. The molecule has 1 fully saturated rings. The average molecular weight is 528 g/mol. The Morgan fingerprint density at radius 3 is 2.72 bits per heavy atom. The van der Waals surface area contributed by atoms with E-state index in [0.717, 1.165) is 67.6 Å². The lowest BCUT2D eigenvalue weighted by Crippen LogP contribution is -2.37. The zero-order chi connectivity index (χ0) is 27.2. The van der Waals surface area contributed by atoms with E-state index in [0.29, 0.717) is 30.3 Å². The molecule has 0 spiro atoms. The first kappa shape index (κ1) is 26.8. The van der Waals surface area contributed by atoms with Crippen molar-refractivity contribution in [1.82, 2.24) is 19.4 Å². The lowest BCUT2D eigenvalue weighted by molar-refractivity contribution is -0.118. The predicted molar refractivity (Wildman–Crippen MR) is 154 cm³/mol. The van der Waals surface area contributed by atoms with E-state index in [1.807, 2.05) is 41.9 Å². The van der Waals surface area contributed by atoms with Gasteiger partial charge >= 0.3 is 0 Å². The van der Waals surface area contributed by atoms with Crippen LogP contribution in [0.15, 0.2) is 60.8 Å². The SMILES string of the molecule is CC(C)c1cccc(Nc2nc3cc(Oc4ccnc(CC(=O)CCCN5CCOCC5)c4)ccc3n2C)c1. The smallest absolute Gasteiger partial charge is 0.208 e. The van der Waals surface area contributed by atoms with Gasteiger partial charge in [0.05, 0.1) is 29.9 Å². The monoisotopic (exact) mass is 527 g/mol. The Bertz CT molecular complexity index is 1430. The molecule has 0 bridgehead atoms. The summed E-state index contributed by atoms with van der Waals surface area (Å²) in [4.78, 5) is 24.1. The maximum atomic E-state index is 12.5. The van der Waals surface area contributed by atoms with E-state index >= 15 is 0 Å². The summed E-state index contributed by atoms with van der Waals surface area (Å²) in [6.07, 6.45) is 3.42. The van der Waals surface area contributed by atoms with Gasteiger partial charge in [0.15, 0.2) is 0 Å². The molecule has 0 saturated carbocycles. The van der Waals surface area contributed by atoms with Gasteiger partial charge in [-0.15, -0.1) is 0 Å². The molecule has 1 aliphatic rings. The highest BCUT2D eigenvalue weighted by molar-refractivity contribution is 5.81. The average Bonchev–Trinajstić information content (AvgIpc) is 3.23. The molecule has 3 heterocycles. The van der Waals surface area contributed by atoms with Gasteiger partial charge in [0.2, 0.25) is 5.95 Å². The van der Waals surface area contributed by atoms with Gasteiger partial charge in [-0.25, -0.2) is 4.98 Å². The van der Waals surface area contributed by atoms with Gasteiger partial charge in [0.25, 0.3) is 0 Å². The molecule has 1 N–H and O–H groups in total. The van der Waals surface area contributed by atoms with E-state index in [2.05, 4.69) is 53.3 Å². The number of aryl methyl sites for hydroxylation is 1. The number of benzene rings is 2. The van der Waals surface area contributed by atoms with Crippen LogP contribution in [0.2, 0.25) is 0 Å². The van der Waals surface area contributed by atoms with Crippen molar-refractivity contribution in [3.8, 4) is 11.5 Å². The van der Waals surface area contributed by atoms with Crippen molar-refractivity contribution in [2.45, 2.75) is 39.0 Å². The summed E-state index contributed by atoms with van der Waals surface area (Å²) in [5.74, 6) is 2.76. The largest absolute Gasteiger partial charge is 0.457 e. The molecule has 0 unspecified atom stereocenters. The van der Waals surface area contributed by atoms with Crippen molar-refractivity contribution in [2.24, 2.45) is 7.05 Å². The normalized spacial score (nSPS) is 14.2. The number of hydrogen-bond acceptors (Lipinski definition) is 7. The lowest BCUT2D eigenvalue weighted by Gasteiger charge is -2.26. The lowest BCUT2D eigenvalue weighted by atomic mass is 10.0. The first-order chi connectivity index (χ1) is 18.9. The van der Waals surface area contributed by atoms with E-state index in [-0.39, 0.29) is 5.78 Å². The zero-order valence-corrected chi connectivity index (χ0v) is 23.0. The van der Waals surface area contributed by atoms with Gasteiger partial charge in [-0.2, -0.15) is 0 Å². The summed E-state index contributed by atoms with van der Waals surface area (Å²) in [5.41, 5.74) is 4.85. The van der Waals surface area contributed by atoms with Crippen molar-refractivity contribution in [2.75, 3.05) is 38.2 Å². The summed E-state index contributed by atoms with van der Waals surface area (Å²) in [7, 11) is 2.00. The number of nitrogens with zero attached hydrogens (tertiary/aromatic N) is 4. The molecular weight excluding hydrogens is 490 g/mol. The number of pyridine rings is 1. The van der Waals surface area contributed by atoms with E-state index in [1.54, 1.807) is 6.20 Å². The van der Waals surface area contributed by atoms with Crippen LogP contribution in [0.4, 0.5) is 11.6 Å². The molecule has 1 saturated heterocycles. The minimum absolute atomic E-state index is 0.196. The Labute approximate surface area is 230 Å². The Kier molecular flexibility index (Phi) is 8.54. The number of rotatable bonds is 11. The first-order valence-electron chi connectivity index (χ1n) is 13.7. The summed E-state index contributed by atoms with van der Waals surface area (Å²) in [6, 6.07) is 17.9. The van der Waals surface area contributed by atoms with Crippen molar-refractivity contribution >= 4 is 28.5 Å². The second-order valence-corrected chi connectivity index (χ2v) is 10.4. The van der Waals surface area contributed by atoms with Crippen molar-refractivity contribution in [1.29, 1.82) is 0 Å². The molecule has 0 radical (unpaired) electrons. The van der Waals surface area contributed by atoms with Crippen LogP contribution >= 0.6 is 0 Å². The van der Waals surface area contributed by atoms with Crippen LogP contribution in [-0.2, 0) is 23.0 Å². The molecule has 8 nitrogen and oxygen atoms in total. The quantitative estimate of drug-likeness (QED) is 0.262. The van der Waals surface area contributed by atoms with Crippen LogP contribution in [0, 0.1) is 0 Å². The van der Waals surface area contributed by atoms with Crippen LogP contribution in [0.1, 0.15) is 43.9 Å². The van der Waals surface area contributed by atoms with Gasteiger partial charge in [-0.1, -0.05) is 26.0 Å². The molecule has 1 aliphatic heterocycles. The van der Waals surface area contributed by atoms with E-state index in [1.165, 1.54) is 5.56 Å². The minimum Gasteiger partial charge on any atom is -0.457 e. The van der Waals surface area contributed by atoms with Crippen molar-refractivity contribution in [3.05, 3.63) is 72.1 Å². The van der Waals surface area contributed by atoms with Gasteiger partial charge in [-0.05, 0) is 54.8 Å². The number of anilines is 2. The van der Waals surface area contributed by atoms with E-state index < -0.39 is 0 Å². The van der Waals surface area contributed by atoms with Crippen LogP contribution in [0.25, 0.3) is 11.0 Å². The number of ketones is 1. The second-order valence-electron chi connectivity index (χ2n) is 10.4. The number of carbonyl (C=O) groups is 1. The molecular formula is C31H37N5O3. The van der Waals surface area contributed by atoms with Crippen LogP contribution in [0.3, 0.4) is 0 Å². The van der Waals surface area contributed by atoms with Gasteiger partial charge < -0.3 is 19.4 Å². The maximum Gasteiger partial charge on any atom is 0.208 e. The number of nitrogens with one attached hydrogen (secondary N) is 1. The Morgan fingerprint density at radius 2 is 1.90 bits per heavy atom. The maximum absolute atomic E-state index is 12.5. The fourth-order valence-corrected chi connectivity index (χ4v) is 4.83. The number of hydrogen-bond donors (Lipinski definition) is 1. The molecule has 0 aliphatic carbocycles. The number of imidazole rings is 1. The predicted octanol–water partition coefficient (Wildman–Crippen LogP) is 5.85. The number of Topliss-reactive ketones (excluding diaryl/α,β-unsaturated/α-hetero) is 1. The highest BCUT2D eigenvalue weighted by Crippen LogP contribution is 2.29. The standard InChI is InChI=1S/C31H37N5O3/c1-22(2)23-6-4-7-24(18-23)33-31-34-29-21-27(9-10-30(29)35(31)3)39-28-11-12-32-25(20-28)19-26(37)8-5-13-36-14-16-38-17-15-36/h4,6-7,9-12,18,20-22H,5,8,13-17,19H2,1-3H3,(H,33,34). The molecule has 0 amide bonds. The fraction of sp³-hybridized carbons (Fsp3) is 0.387. The molecule has 8 heteroatoms. The third-order valence-electron chi connectivity index (χ3n) is 7.10. The number of ether oxygens (including phenoxy) is 2. The highest BCUT2D eigenvalue weighted by atomic mass is 16.5. The molecule has 0 atom stereocenters. The molecule has 2 aromatic heterocycles. The third-order valence-corrected chi connectivity index (χ3v) is 7.10. The molecule has 5 rings (SSSR count). The summed E-state index contributed by atoms with van der Waals surface area (Å²) in [5, 5.41) is 3.45. The third kappa shape index (κ3) is 7.02. The number of morpholine rings is 1. The second kappa shape index (κ2) is 12.4. The van der Waals surface area contributed by atoms with E-state index in [9.17, 15) is 4.79 Å². The first-order valence-corrected chi connectivity index (χ1v) is 13.7. The number of fused-ring (bicyclic) bond motifs is 1. The zero-order valence-electron chi connectivity index (χ0n) is 23.0. The van der Waals surface area contributed by atoms with Gasteiger partial charge in [-0.3, -0.25) is 14.7 Å². The number of aromatic nitrogens is 3. The highest BCUT2D eigenvalue weighted by Gasteiger charge is 2.13. The Balaban J connectivity index is 1.21. The summed E-state index contributed by atoms with van der Waals surface area (Å²) in [6.45, 7) is 8.77. The number of carbonyl (C=O) groups excluding carboxylic acids is 1. The Hall–Kier alpha value is -3.75. The van der Waals surface area contributed by atoms with Crippen LogP contribution in [0.5, 0.6) is 11.5 Å².